The predicted molar refractivity (Wildman–Crippen MR) is 100 cm³/mol. The number of anilines is 1. The van der Waals surface area contributed by atoms with Gasteiger partial charge in [-0.1, -0.05) is 23.7 Å². The first-order valence-corrected chi connectivity index (χ1v) is 8.95. The summed E-state index contributed by atoms with van der Waals surface area (Å²) in [5, 5.41) is 37.0. The number of aliphatic hydroxyl groups is 3. The zero-order chi connectivity index (χ0) is 19.8. The van der Waals surface area contributed by atoms with E-state index in [9.17, 15) is 15.3 Å². The van der Waals surface area contributed by atoms with E-state index in [1.165, 1.54) is 17.2 Å². The van der Waals surface area contributed by atoms with Crippen LogP contribution in [0.15, 0.2) is 36.8 Å². The van der Waals surface area contributed by atoms with Gasteiger partial charge >= 0.3 is 0 Å². The smallest absolute Gasteiger partial charge is 0.181 e. The van der Waals surface area contributed by atoms with E-state index in [-0.39, 0.29) is 0 Å². The molecule has 0 saturated carbocycles. The van der Waals surface area contributed by atoms with Crippen LogP contribution < -0.4 is 10.9 Å². The Morgan fingerprint density at radius 2 is 1.93 bits per heavy atom. The number of rotatable bonds is 5. The molecule has 2 aromatic heterocycles. The van der Waals surface area contributed by atoms with E-state index in [1.54, 1.807) is 31.3 Å². The number of halogens is 1. The quantitative estimate of drug-likeness (QED) is 0.380. The van der Waals surface area contributed by atoms with Crippen LogP contribution in [0.3, 0.4) is 0 Å². The molecular formula is C17H19ClN6O4. The highest BCUT2D eigenvalue weighted by molar-refractivity contribution is 6.30. The SMILES string of the molecule is CNNc1ncnc2c1cnn2[C@@H]1O[C@H](C(O)c2ccc(Cl)cc2)[C@@H](O)[C@H]1O. The molecule has 5 atom stereocenters. The second-order valence-corrected chi connectivity index (χ2v) is 6.83. The summed E-state index contributed by atoms with van der Waals surface area (Å²) in [5.41, 5.74) is 6.56. The van der Waals surface area contributed by atoms with Gasteiger partial charge in [0.1, 0.15) is 30.7 Å². The average Bonchev–Trinajstić information content (AvgIpc) is 3.25. The number of hydrazine groups is 1. The number of fused-ring (bicyclic) bond motifs is 1. The van der Waals surface area contributed by atoms with Gasteiger partial charge in [0.2, 0.25) is 0 Å². The molecule has 1 aliphatic rings. The number of hydrogen-bond acceptors (Lipinski definition) is 9. The summed E-state index contributed by atoms with van der Waals surface area (Å²) in [6.07, 6.45) is -3.02. The zero-order valence-electron chi connectivity index (χ0n) is 14.8. The molecular weight excluding hydrogens is 388 g/mol. The van der Waals surface area contributed by atoms with Gasteiger partial charge in [0.25, 0.3) is 0 Å². The summed E-state index contributed by atoms with van der Waals surface area (Å²) in [4.78, 5) is 8.32. The number of aromatic nitrogens is 4. The van der Waals surface area contributed by atoms with Crippen LogP contribution in [0.1, 0.15) is 17.9 Å². The van der Waals surface area contributed by atoms with E-state index in [4.69, 9.17) is 16.3 Å². The Morgan fingerprint density at radius 3 is 2.64 bits per heavy atom. The Bertz CT molecular complexity index is 968. The lowest BCUT2D eigenvalue weighted by Crippen LogP contribution is -2.35. The molecule has 1 fully saturated rings. The lowest BCUT2D eigenvalue weighted by Gasteiger charge is -2.21. The Labute approximate surface area is 164 Å². The molecule has 28 heavy (non-hydrogen) atoms. The van der Waals surface area contributed by atoms with Crippen LogP contribution in [0, 0.1) is 0 Å². The number of hydrogen-bond donors (Lipinski definition) is 5. The van der Waals surface area contributed by atoms with Gasteiger partial charge in [-0.3, -0.25) is 0 Å². The zero-order valence-corrected chi connectivity index (χ0v) is 15.5. The van der Waals surface area contributed by atoms with Crippen molar-refractivity contribution in [1.82, 2.24) is 25.2 Å². The van der Waals surface area contributed by atoms with Crippen molar-refractivity contribution < 1.29 is 20.1 Å². The number of nitrogens with one attached hydrogen (secondary N) is 2. The van der Waals surface area contributed by atoms with E-state index in [1.807, 2.05) is 0 Å². The number of benzene rings is 1. The molecule has 0 amide bonds. The number of ether oxygens (including phenoxy) is 1. The van der Waals surface area contributed by atoms with E-state index in [0.717, 1.165) is 0 Å². The molecule has 148 valence electrons. The van der Waals surface area contributed by atoms with Gasteiger partial charge < -0.3 is 25.5 Å². The average molecular weight is 407 g/mol. The van der Waals surface area contributed by atoms with Crippen molar-refractivity contribution in [1.29, 1.82) is 0 Å². The molecule has 0 spiro atoms. The maximum absolute atomic E-state index is 10.6. The summed E-state index contributed by atoms with van der Waals surface area (Å²) in [6, 6.07) is 6.52. The van der Waals surface area contributed by atoms with Crippen molar-refractivity contribution in [3.8, 4) is 0 Å². The minimum Gasteiger partial charge on any atom is -0.387 e. The highest BCUT2D eigenvalue weighted by Gasteiger charge is 2.48. The van der Waals surface area contributed by atoms with Crippen LogP contribution in [-0.4, -0.2) is 60.4 Å². The van der Waals surface area contributed by atoms with Gasteiger partial charge in [0.05, 0.1) is 11.6 Å². The second kappa shape index (κ2) is 7.59. The Kier molecular flexibility index (Phi) is 5.15. The summed E-state index contributed by atoms with van der Waals surface area (Å²) in [6.45, 7) is 0. The first kappa shape index (κ1) is 19.0. The highest BCUT2D eigenvalue weighted by Crippen LogP contribution is 2.37. The van der Waals surface area contributed by atoms with Gasteiger partial charge in [-0.15, -0.1) is 0 Å². The van der Waals surface area contributed by atoms with Crippen molar-refractivity contribution in [3.05, 3.63) is 47.4 Å². The van der Waals surface area contributed by atoms with Crippen molar-refractivity contribution in [2.75, 3.05) is 12.5 Å². The first-order chi connectivity index (χ1) is 13.5. The van der Waals surface area contributed by atoms with Crippen LogP contribution in [0.25, 0.3) is 11.0 Å². The first-order valence-electron chi connectivity index (χ1n) is 8.57. The van der Waals surface area contributed by atoms with Crippen molar-refractivity contribution in [2.24, 2.45) is 0 Å². The summed E-state index contributed by atoms with van der Waals surface area (Å²) in [7, 11) is 1.70. The fourth-order valence-electron chi connectivity index (χ4n) is 3.26. The Morgan fingerprint density at radius 1 is 1.18 bits per heavy atom. The van der Waals surface area contributed by atoms with Gasteiger partial charge in [0, 0.05) is 12.1 Å². The van der Waals surface area contributed by atoms with Crippen LogP contribution in [0.4, 0.5) is 5.82 Å². The van der Waals surface area contributed by atoms with Crippen molar-refractivity contribution in [2.45, 2.75) is 30.6 Å². The summed E-state index contributed by atoms with van der Waals surface area (Å²) >= 11 is 5.87. The molecule has 4 rings (SSSR count). The topological polar surface area (TPSA) is 138 Å². The minimum atomic E-state index is -1.33. The third-order valence-electron chi connectivity index (χ3n) is 4.67. The standard InChI is InChI=1S/C17H19ClN6O4/c1-19-23-15-10-6-22-24(16(10)21-7-20-15)17-13(27)12(26)14(28-17)11(25)8-2-4-9(18)5-3-8/h2-7,11-14,17,19,25-27H,1H3,(H,20,21,23)/t11?,12-,13+,14+,17+/m0/s1. The fourth-order valence-corrected chi connectivity index (χ4v) is 3.39. The minimum absolute atomic E-state index is 0.408. The molecule has 10 nitrogen and oxygen atoms in total. The number of nitrogens with zero attached hydrogens (tertiary/aromatic N) is 4. The van der Waals surface area contributed by atoms with Crippen molar-refractivity contribution >= 4 is 28.5 Å². The van der Waals surface area contributed by atoms with Crippen LogP contribution in [-0.2, 0) is 4.74 Å². The van der Waals surface area contributed by atoms with E-state index >= 15 is 0 Å². The third-order valence-corrected chi connectivity index (χ3v) is 4.93. The molecule has 3 heterocycles. The van der Waals surface area contributed by atoms with Crippen LogP contribution >= 0.6 is 11.6 Å². The molecule has 1 saturated heterocycles. The molecule has 1 aliphatic heterocycles. The molecule has 5 N–H and O–H groups in total. The van der Waals surface area contributed by atoms with Gasteiger partial charge in [-0.2, -0.15) is 5.10 Å². The maximum Gasteiger partial charge on any atom is 0.181 e. The molecule has 0 aliphatic carbocycles. The van der Waals surface area contributed by atoms with E-state index < -0.39 is 30.6 Å². The molecule has 1 aromatic carbocycles. The summed E-state index contributed by atoms with van der Waals surface area (Å²) in [5.74, 6) is 0.504. The second-order valence-electron chi connectivity index (χ2n) is 6.39. The largest absolute Gasteiger partial charge is 0.387 e. The third kappa shape index (κ3) is 3.20. The van der Waals surface area contributed by atoms with Gasteiger partial charge in [0.15, 0.2) is 17.7 Å². The van der Waals surface area contributed by atoms with E-state index in [0.29, 0.717) is 27.4 Å². The maximum atomic E-state index is 10.6. The van der Waals surface area contributed by atoms with Crippen LogP contribution in [0.2, 0.25) is 5.02 Å². The predicted octanol–water partition coefficient (Wildman–Crippen LogP) is 0.379. The lowest BCUT2D eigenvalue weighted by atomic mass is 9.99. The molecule has 0 radical (unpaired) electrons. The Balaban J connectivity index is 1.64. The molecule has 3 aromatic rings. The molecule has 11 heteroatoms. The highest BCUT2D eigenvalue weighted by atomic mass is 35.5. The van der Waals surface area contributed by atoms with Gasteiger partial charge in [-0.25, -0.2) is 20.1 Å². The van der Waals surface area contributed by atoms with E-state index in [2.05, 4.69) is 25.9 Å². The fraction of sp³-hybridized carbons (Fsp3) is 0.353. The van der Waals surface area contributed by atoms with Crippen molar-refractivity contribution in [3.63, 3.8) is 0 Å². The Hall–Kier alpha value is -2.34. The molecule has 0 bridgehead atoms. The van der Waals surface area contributed by atoms with Crippen LogP contribution in [0.5, 0.6) is 0 Å². The number of aliphatic hydroxyl groups excluding tert-OH is 3. The summed E-state index contributed by atoms with van der Waals surface area (Å²) < 4.78 is 7.17. The lowest BCUT2D eigenvalue weighted by molar-refractivity contribution is -0.0884. The molecule has 1 unspecified atom stereocenters. The monoisotopic (exact) mass is 406 g/mol. The normalized spacial score (nSPS) is 25.9. The van der Waals surface area contributed by atoms with Gasteiger partial charge in [-0.05, 0) is 17.7 Å².